The summed E-state index contributed by atoms with van der Waals surface area (Å²) in [5.41, 5.74) is 0. The van der Waals surface area contributed by atoms with Gasteiger partial charge in [-0.2, -0.15) is 0 Å². The first-order valence-corrected chi connectivity index (χ1v) is 2.94. The molecule has 58 valence electrons. The van der Waals surface area contributed by atoms with Crippen LogP contribution in [0.25, 0.3) is 0 Å². The second kappa shape index (κ2) is 4.67. The van der Waals surface area contributed by atoms with Gasteiger partial charge in [0.2, 0.25) is 0 Å². The topological polar surface area (TPSA) is 58.6 Å². The van der Waals surface area contributed by atoms with Crippen LogP contribution < -0.4 is 5.32 Å². The first-order chi connectivity index (χ1) is 4.66. The predicted molar refractivity (Wildman–Crippen MR) is 36.4 cm³/mol. The van der Waals surface area contributed by atoms with E-state index in [0.717, 1.165) is 0 Å². The van der Waals surface area contributed by atoms with Gasteiger partial charge in [-0.05, 0) is 13.5 Å². The van der Waals surface area contributed by atoms with Gasteiger partial charge in [0.25, 0.3) is 0 Å². The van der Waals surface area contributed by atoms with Gasteiger partial charge in [-0.25, -0.2) is 0 Å². The first-order valence-electron chi connectivity index (χ1n) is 2.94. The third-order valence-electron chi connectivity index (χ3n) is 0.755. The van der Waals surface area contributed by atoms with E-state index < -0.39 is 5.97 Å². The molecule has 0 fully saturated rings. The van der Waals surface area contributed by atoms with Gasteiger partial charge in [0.1, 0.15) is 6.54 Å². The van der Waals surface area contributed by atoms with Crippen molar-refractivity contribution in [2.45, 2.75) is 6.92 Å². The molecule has 0 unspecified atom stereocenters. The molecule has 0 rings (SSSR count). The van der Waals surface area contributed by atoms with Crippen molar-refractivity contribution in [3.8, 4) is 0 Å². The minimum absolute atomic E-state index is 0.154. The normalized spacial score (nSPS) is 8.50. The Bertz CT molecular complexity index is 133. The van der Waals surface area contributed by atoms with Gasteiger partial charge in [-0.3, -0.25) is 4.79 Å². The molecule has 0 bridgehead atoms. The third kappa shape index (κ3) is 4.96. The fraction of sp³-hybridized carbons (Fsp3) is 0.500. The summed E-state index contributed by atoms with van der Waals surface area (Å²) in [7, 11) is 0. The zero-order chi connectivity index (χ0) is 7.98. The van der Waals surface area contributed by atoms with Crippen LogP contribution >= 0.6 is 0 Å². The number of carboxylic acids is 1. The van der Waals surface area contributed by atoms with Gasteiger partial charge in [0.15, 0.2) is 5.88 Å². The number of hydrogen-bond donors (Lipinski definition) is 2. The van der Waals surface area contributed by atoms with E-state index in [4.69, 9.17) is 9.84 Å². The molecule has 4 nitrogen and oxygen atoms in total. The predicted octanol–water partition coefficient (Wildman–Crippen LogP) is 0.168. The zero-order valence-corrected chi connectivity index (χ0v) is 5.89. The molecule has 0 radical (unpaired) electrons. The van der Waals surface area contributed by atoms with Gasteiger partial charge in [-0.1, -0.05) is 0 Å². The number of ether oxygens (including phenoxy) is 1. The molecule has 0 aliphatic heterocycles. The number of hydrogen-bond acceptors (Lipinski definition) is 3. The summed E-state index contributed by atoms with van der Waals surface area (Å²) in [6.07, 6.45) is 0. The van der Waals surface area contributed by atoms with E-state index in [1.54, 1.807) is 6.92 Å². The molecule has 0 atom stereocenters. The fourth-order valence-electron chi connectivity index (χ4n) is 0.399. The van der Waals surface area contributed by atoms with Crippen LogP contribution in [-0.2, 0) is 9.53 Å². The molecule has 4 heteroatoms. The van der Waals surface area contributed by atoms with Crippen molar-refractivity contribution in [2.75, 3.05) is 13.2 Å². The fourth-order valence-corrected chi connectivity index (χ4v) is 0.399. The van der Waals surface area contributed by atoms with Crippen LogP contribution in [0.1, 0.15) is 6.92 Å². The van der Waals surface area contributed by atoms with Crippen LogP contribution in [0.2, 0.25) is 0 Å². The Labute approximate surface area is 59.5 Å². The van der Waals surface area contributed by atoms with E-state index in [1.165, 1.54) is 0 Å². The molecule has 0 aromatic rings. The van der Waals surface area contributed by atoms with Crippen LogP contribution in [0.15, 0.2) is 12.5 Å². The Balaban J connectivity index is 3.30. The van der Waals surface area contributed by atoms with Crippen molar-refractivity contribution in [1.82, 2.24) is 5.32 Å². The number of carboxylic acid groups (broad SMARTS) is 1. The average molecular weight is 145 g/mol. The highest BCUT2D eigenvalue weighted by Gasteiger charge is 1.95. The molecule has 0 saturated heterocycles. The van der Waals surface area contributed by atoms with Gasteiger partial charge in [-0.15, -0.1) is 0 Å². The van der Waals surface area contributed by atoms with Gasteiger partial charge < -0.3 is 15.2 Å². The van der Waals surface area contributed by atoms with Crippen LogP contribution in [0.3, 0.4) is 0 Å². The summed E-state index contributed by atoms with van der Waals surface area (Å²) in [4.78, 5) is 9.95. The maximum atomic E-state index is 9.95. The van der Waals surface area contributed by atoms with Crippen molar-refractivity contribution < 1.29 is 14.6 Å². The summed E-state index contributed by atoms with van der Waals surface area (Å²) in [6.45, 7) is 5.56. The molecule has 0 aromatic heterocycles. The van der Waals surface area contributed by atoms with Crippen LogP contribution in [0.5, 0.6) is 0 Å². The largest absolute Gasteiger partial charge is 0.480 e. The summed E-state index contributed by atoms with van der Waals surface area (Å²) in [6, 6.07) is 0. The molecular formula is C6H11NO3. The highest BCUT2D eigenvalue weighted by Crippen LogP contribution is 1.84. The maximum Gasteiger partial charge on any atom is 0.322 e. The molecule has 0 heterocycles. The van der Waals surface area contributed by atoms with Crippen LogP contribution in [-0.4, -0.2) is 24.2 Å². The summed E-state index contributed by atoms with van der Waals surface area (Å²) >= 11 is 0. The molecule has 0 saturated carbocycles. The number of rotatable bonds is 5. The third-order valence-corrected chi connectivity index (χ3v) is 0.755. The Hall–Kier alpha value is -1.19. The number of aliphatic carboxylic acids is 1. The summed E-state index contributed by atoms with van der Waals surface area (Å²) in [5, 5.41) is 10.6. The Morgan fingerprint density at radius 1 is 1.80 bits per heavy atom. The molecular weight excluding hydrogens is 134 g/mol. The van der Waals surface area contributed by atoms with Gasteiger partial charge in [0, 0.05) is 0 Å². The number of nitrogens with one attached hydrogen (secondary N) is 1. The van der Waals surface area contributed by atoms with Crippen molar-refractivity contribution in [1.29, 1.82) is 0 Å². The second-order valence-corrected chi connectivity index (χ2v) is 1.60. The lowest BCUT2D eigenvalue weighted by Gasteiger charge is -2.06. The highest BCUT2D eigenvalue weighted by molar-refractivity contribution is 5.69. The Morgan fingerprint density at radius 2 is 2.40 bits per heavy atom. The van der Waals surface area contributed by atoms with Gasteiger partial charge in [0.05, 0.1) is 6.61 Å². The quantitative estimate of drug-likeness (QED) is 0.541. The smallest absolute Gasteiger partial charge is 0.322 e. The van der Waals surface area contributed by atoms with Crippen molar-refractivity contribution >= 4 is 5.97 Å². The van der Waals surface area contributed by atoms with Crippen molar-refractivity contribution in [3.05, 3.63) is 12.5 Å². The highest BCUT2D eigenvalue weighted by atomic mass is 16.5. The Morgan fingerprint density at radius 3 is 2.80 bits per heavy atom. The molecule has 2 N–H and O–H groups in total. The lowest BCUT2D eigenvalue weighted by molar-refractivity contribution is -0.136. The second-order valence-electron chi connectivity index (χ2n) is 1.60. The van der Waals surface area contributed by atoms with E-state index >= 15 is 0 Å². The van der Waals surface area contributed by atoms with Crippen molar-refractivity contribution in [3.63, 3.8) is 0 Å². The van der Waals surface area contributed by atoms with E-state index in [-0.39, 0.29) is 6.54 Å². The lowest BCUT2D eigenvalue weighted by Crippen LogP contribution is -2.22. The molecule has 10 heavy (non-hydrogen) atoms. The zero-order valence-electron chi connectivity index (χ0n) is 5.89. The van der Waals surface area contributed by atoms with Crippen LogP contribution in [0, 0.1) is 0 Å². The minimum Gasteiger partial charge on any atom is -0.480 e. The summed E-state index contributed by atoms with van der Waals surface area (Å²) in [5.74, 6) is -0.634. The monoisotopic (exact) mass is 145 g/mol. The average Bonchev–Trinajstić information content (AvgIpc) is 1.85. The summed E-state index contributed by atoms with van der Waals surface area (Å²) < 4.78 is 4.82. The minimum atomic E-state index is -0.930. The van der Waals surface area contributed by atoms with E-state index in [2.05, 4.69) is 11.9 Å². The maximum absolute atomic E-state index is 9.95. The van der Waals surface area contributed by atoms with Gasteiger partial charge >= 0.3 is 5.97 Å². The van der Waals surface area contributed by atoms with E-state index in [9.17, 15) is 4.79 Å². The molecule has 0 aliphatic rings. The first kappa shape index (κ1) is 8.81. The van der Waals surface area contributed by atoms with Crippen LogP contribution in [0.4, 0.5) is 0 Å². The molecule has 0 spiro atoms. The molecule has 0 amide bonds. The van der Waals surface area contributed by atoms with E-state index in [1.807, 2.05) is 0 Å². The van der Waals surface area contributed by atoms with Crippen molar-refractivity contribution in [2.24, 2.45) is 0 Å². The Kier molecular flexibility index (Phi) is 4.11. The molecule has 0 aromatic carbocycles. The van der Waals surface area contributed by atoms with E-state index in [0.29, 0.717) is 12.5 Å². The lowest BCUT2D eigenvalue weighted by atomic mass is 10.6. The SMILES string of the molecule is C=C(NCC(=O)O)OCC. The standard InChI is InChI=1S/C6H11NO3/c1-3-10-5(2)7-4-6(8)9/h7H,2-4H2,1H3,(H,8,9). The molecule has 0 aliphatic carbocycles. The number of carbonyl (C=O) groups is 1.